The minimum atomic E-state index is -0.368. The van der Waals surface area contributed by atoms with Crippen molar-refractivity contribution in [2.24, 2.45) is 0 Å². The summed E-state index contributed by atoms with van der Waals surface area (Å²) in [5, 5.41) is 7.99. The Bertz CT molecular complexity index is 1180. The highest BCUT2D eigenvalue weighted by Gasteiger charge is 2.19. The number of rotatable bonds is 4. The summed E-state index contributed by atoms with van der Waals surface area (Å²) in [5.41, 5.74) is 5.66. The van der Waals surface area contributed by atoms with Gasteiger partial charge in [-0.15, -0.1) is 5.10 Å². The van der Waals surface area contributed by atoms with Gasteiger partial charge in [0.25, 0.3) is 5.91 Å². The zero-order valence-electron chi connectivity index (χ0n) is 17.0. The average Bonchev–Trinajstić information content (AvgIpc) is 3.16. The van der Waals surface area contributed by atoms with Gasteiger partial charge >= 0.3 is 0 Å². The molecular weight excluding hydrogens is 396 g/mol. The van der Waals surface area contributed by atoms with E-state index in [0.29, 0.717) is 16.5 Å². The fourth-order valence-electron chi connectivity index (χ4n) is 3.17. The first kappa shape index (κ1) is 19.9. The average molecular weight is 417 g/mol. The third-order valence-corrected chi connectivity index (χ3v) is 5.14. The molecule has 0 unspecified atom stereocenters. The van der Waals surface area contributed by atoms with Gasteiger partial charge in [0.2, 0.25) is 5.82 Å². The van der Waals surface area contributed by atoms with Gasteiger partial charge < -0.3 is 5.32 Å². The lowest BCUT2D eigenvalue weighted by Crippen LogP contribution is -2.14. The van der Waals surface area contributed by atoms with E-state index in [1.165, 1.54) is 0 Å². The van der Waals surface area contributed by atoms with E-state index >= 15 is 0 Å². The topological polar surface area (TPSA) is 59.8 Å². The maximum absolute atomic E-state index is 12.9. The number of benzene rings is 3. The van der Waals surface area contributed by atoms with Crippen molar-refractivity contribution in [3.8, 4) is 17.1 Å². The Morgan fingerprint density at radius 3 is 2.47 bits per heavy atom. The Morgan fingerprint density at radius 1 is 0.933 bits per heavy atom. The van der Waals surface area contributed by atoms with E-state index in [1.807, 2.05) is 81.4 Å². The molecule has 0 spiro atoms. The predicted molar refractivity (Wildman–Crippen MR) is 120 cm³/mol. The SMILES string of the molecule is Cc1cccc(-n2nc(C(=O)Nc3ccc(C)c(C)c3)nc2-c2cccc(Cl)c2)c1. The number of carbonyl (C=O) groups excluding carboxylic acids is 1. The molecule has 4 rings (SSSR count). The molecule has 1 heterocycles. The molecule has 30 heavy (non-hydrogen) atoms. The van der Waals surface area contributed by atoms with Crippen LogP contribution in [0.3, 0.4) is 0 Å². The monoisotopic (exact) mass is 416 g/mol. The van der Waals surface area contributed by atoms with Crippen LogP contribution in [0.2, 0.25) is 5.02 Å². The molecule has 5 nitrogen and oxygen atoms in total. The number of carbonyl (C=O) groups is 1. The van der Waals surface area contributed by atoms with E-state index in [-0.39, 0.29) is 11.7 Å². The number of hydrogen-bond acceptors (Lipinski definition) is 3. The molecule has 0 saturated heterocycles. The highest BCUT2D eigenvalue weighted by molar-refractivity contribution is 6.30. The van der Waals surface area contributed by atoms with Gasteiger partial charge in [-0.25, -0.2) is 9.67 Å². The molecule has 0 aliphatic carbocycles. The van der Waals surface area contributed by atoms with Crippen LogP contribution in [0.15, 0.2) is 66.7 Å². The minimum Gasteiger partial charge on any atom is -0.319 e. The molecule has 4 aromatic rings. The first-order valence-corrected chi connectivity index (χ1v) is 9.97. The van der Waals surface area contributed by atoms with Crippen LogP contribution in [0.25, 0.3) is 17.1 Å². The maximum atomic E-state index is 12.9. The molecule has 0 aliphatic rings. The normalized spacial score (nSPS) is 10.8. The van der Waals surface area contributed by atoms with E-state index in [0.717, 1.165) is 27.9 Å². The van der Waals surface area contributed by atoms with Gasteiger partial charge in [-0.2, -0.15) is 0 Å². The van der Waals surface area contributed by atoms with Crippen molar-refractivity contribution >= 4 is 23.2 Å². The van der Waals surface area contributed by atoms with Crippen molar-refractivity contribution < 1.29 is 4.79 Å². The molecule has 3 aromatic carbocycles. The fraction of sp³-hybridized carbons (Fsp3) is 0.125. The maximum Gasteiger partial charge on any atom is 0.295 e. The molecule has 0 aliphatic heterocycles. The number of nitrogens with one attached hydrogen (secondary N) is 1. The zero-order valence-corrected chi connectivity index (χ0v) is 17.7. The first-order valence-electron chi connectivity index (χ1n) is 9.59. The van der Waals surface area contributed by atoms with Gasteiger partial charge in [0.05, 0.1) is 5.69 Å². The Kier molecular flexibility index (Phi) is 5.38. The van der Waals surface area contributed by atoms with Gasteiger partial charge in [0.1, 0.15) is 0 Å². The van der Waals surface area contributed by atoms with Crippen LogP contribution in [0.5, 0.6) is 0 Å². The fourth-order valence-corrected chi connectivity index (χ4v) is 3.36. The zero-order chi connectivity index (χ0) is 21.3. The summed E-state index contributed by atoms with van der Waals surface area (Å²) in [6, 6.07) is 21.0. The van der Waals surface area contributed by atoms with Gasteiger partial charge in [-0.1, -0.05) is 41.9 Å². The number of aromatic nitrogens is 3. The molecule has 0 saturated carbocycles. The summed E-state index contributed by atoms with van der Waals surface area (Å²) in [7, 11) is 0. The second-order valence-electron chi connectivity index (χ2n) is 7.27. The van der Waals surface area contributed by atoms with E-state index in [2.05, 4.69) is 15.4 Å². The number of nitrogens with zero attached hydrogens (tertiary/aromatic N) is 3. The van der Waals surface area contributed by atoms with Crippen molar-refractivity contribution in [1.29, 1.82) is 0 Å². The molecule has 0 bridgehead atoms. The second-order valence-corrected chi connectivity index (χ2v) is 7.71. The van der Waals surface area contributed by atoms with Gasteiger partial charge in [-0.3, -0.25) is 4.79 Å². The number of hydrogen-bond donors (Lipinski definition) is 1. The second kappa shape index (κ2) is 8.13. The summed E-state index contributed by atoms with van der Waals surface area (Å²) < 4.78 is 1.67. The number of aryl methyl sites for hydroxylation is 3. The lowest BCUT2D eigenvalue weighted by molar-refractivity contribution is 0.101. The van der Waals surface area contributed by atoms with E-state index in [1.54, 1.807) is 10.7 Å². The Labute approximate surface area is 180 Å². The van der Waals surface area contributed by atoms with E-state index < -0.39 is 0 Å². The Morgan fingerprint density at radius 2 is 1.73 bits per heavy atom. The number of amides is 1. The quantitative estimate of drug-likeness (QED) is 0.459. The van der Waals surface area contributed by atoms with Crippen LogP contribution < -0.4 is 5.32 Å². The largest absolute Gasteiger partial charge is 0.319 e. The minimum absolute atomic E-state index is 0.0877. The summed E-state index contributed by atoms with van der Waals surface area (Å²) in [6.07, 6.45) is 0. The molecule has 1 amide bonds. The lowest BCUT2D eigenvalue weighted by Gasteiger charge is -2.07. The van der Waals surface area contributed by atoms with Crippen LogP contribution >= 0.6 is 11.6 Å². The van der Waals surface area contributed by atoms with Crippen LogP contribution in [0.1, 0.15) is 27.3 Å². The van der Waals surface area contributed by atoms with E-state index in [9.17, 15) is 4.79 Å². The van der Waals surface area contributed by atoms with Gasteiger partial charge in [-0.05, 0) is 73.9 Å². The number of anilines is 1. The lowest BCUT2D eigenvalue weighted by atomic mass is 10.1. The first-order chi connectivity index (χ1) is 14.4. The Hall–Kier alpha value is -3.44. The van der Waals surface area contributed by atoms with Crippen molar-refractivity contribution in [3.63, 3.8) is 0 Å². The Balaban J connectivity index is 1.76. The summed E-state index contributed by atoms with van der Waals surface area (Å²) in [6.45, 7) is 6.04. The van der Waals surface area contributed by atoms with E-state index in [4.69, 9.17) is 11.6 Å². The van der Waals surface area contributed by atoms with Gasteiger partial charge in [0, 0.05) is 16.3 Å². The molecular formula is C24H21ClN4O. The summed E-state index contributed by atoms with van der Waals surface area (Å²) in [4.78, 5) is 17.4. The van der Waals surface area contributed by atoms with Gasteiger partial charge in [0.15, 0.2) is 5.82 Å². The third kappa shape index (κ3) is 4.11. The smallest absolute Gasteiger partial charge is 0.295 e. The third-order valence-electron chi connectivity index (χ3n) is 4.90. The molecule has 150 valence electrons. The van der Waals surface area contributed by atoms with Crippen molar-refractivity contribution in [1.82, 2.24) is 14.8 Å². The highest BCUT2D eigenvalue weighted by Crippen LogP contribution is 2.25. The standard InChI is InChI=1S/C24H21ClN4O/c1-15-6-4-9-21(12-15)29-23(18-7-5-8-19(25)14-18)27-22(28-29)24(30)26-20-11-10-16(2)17(3)13-20/h4-14H,1-3H3,(H,26,30). The van der Waals surface area contributed by atoms with Crippen LogP contribution in [0, 0.1) is 20.8 Å². The molecule has 6 heteroatoms. The summed E-state index contributed by atoms with van der Waals surface area (Å²) in [5.74, 6) is 0.269. The molecule has 1 aromatic heterocycles. The molecule has 0 fully saturated rings. The number of halogens is 1. The summed E-state index contributed by atoms with van der Waals surface area (Å²) >= 11 is 6.19. The van der Waals surface area contributed by atoms with Crippen molar-refractivity contribution in [2.45, 2.75) is 20.8 Å². The van der Waals surface area contributed by atoms with Crippen molar-refractivity contribution in [3.05, 3.63) is 94.3 Å². The van der Waals surface area contributed by atoms with Crippen molar-refractivity contribution in [2.75, 3.05) is 5.32 Å². The highest BCUT2D eigenvalue weighted by atomic mass is 35.5. The van der Waals surface area contributed by atoms with Crippen LogP contribution in [0.4, 0.5) is 5.69 Å². The van der Waals surface area contributed by atoms with Crippen LogP contribution in [-0.4, -0.2) is 20.7 Å². The molecule has 0 atom stereocenters. The molecule has 0 radical (unpaired) electrons. The predicted octanol–water partition coefficient (Wildman–Crippen LogP) is 5.77. The van der Waals surface area contributed by atoms with Crippen LogP contribution in [-0.2, 0) is 0 Å². The molecule has 1 N–H and O–H groups in total.